The molecule has 3 heteroatoms. The van der Waals surface area contributed by atoms with Gasteiger partial charge >= 0.3 is 7.12 Å². The lowest BCUT2D eigenvalue weighted by molar-refractivity contribution is 0.426. The molecule has 2 N–H and O–H groups in total. The summed E-state index contributed by atoms with van der Waals surface area (Å²) in [4.78, 5) is 0. The lowest BCUT2D eigenvalue weighted by Crippen LogP contribution is -2.29. The largest absolute Gasteiger partial charge is 0.488 e. The van der Waals surface area contributed by atoms with Crippen molar-refractivity contribution in [3.8, 4) is 11.1 Å². The van der Waals surface area contributed by atoms with Crippen molar-refractivity contribution in [1.82, 2.24) is 0 Å². The van der Waals surface area contributed by atoms with Crippen LogP contribution >= 0.6 is 0 Å². The van der Waals surface area contributed by atoms with Crippen molar-refractivity contribution in [3.05, 3.63) is 78.9 Å². The lowest BCUT2D eigenvalue weighted by Gasteiger charge is -2.08. The Bertz CT molecular complexity index is 994. The molecule has 4 aromatic rings. The first-order chi connectivity index (χ1) is 11.2. The summed E-state index contributed by atoms with van der Waals surface area (Å²) in [6.45, 7) is 0. The highest BCUT2D eigenvalue weighted by Crippen LogP contribution is 2.29. The van der Waals surface area contributed by atoms with Gasteiger partial charge < -0.3 is 10.0 Å². The van der Waals surface area contributed by atoms with Crippen LogP contribution in [0.5, 0.6) is 0 Å². The molecule has 0 aliphatic heterocycles. The number of hydrogen-bond acceptors (Lipinski definition) is 2. The highest BCUT2D eigenvalue weighted by atomic mass is 16.4. The number of rotatable bonds is 2. The predicted molar refractivity (Wildman–Crippen MR) is 96.7 cm³/mol. The van der Waals surface area contributed by atoms with Crippen molar-refractivity contribution in [2.75, 3.05) is 0 Å². The van der Waals surface area contributed by atoms with E-state index in [9.17, 15) is 10.0 Å². The molecule has 4 rings (SSSR count). The van der Waals surface area contributed by atoms with Crippen LogP contribution in [0.15, 0.2) is 78.9 Å². The van der Waals surface area contributed by atoms with E-state index in [4.69, 9.17) is 0 Å². The van der Waals surface area contributed by atoms with Crippen LogP contribution in [0.3, 0.4) is 0 Å². The fourth-order valence-corrected chi connectivity index (χ4v) is 3.06. The standard InChI is InChI=1S/C20H15BO2/c22-21(23)18-9-11-20-17(13-18)7-6-16-12-15(8-10-19(16)20)14-4-2-1-3-5-14/h1-13,22-23H. The molecular formula is C20H15BO2. The van der Waals surface area contributed by atoms with Gasteiger partial charge in [-0.2, -0.15) is 0 Å². The molecule has 110 valence electrons. The maximum atomic E-state index is 9.31. The first-order valence-electron chi connectivity index (χ1n) is 7.60. The van der Waals surface area contributed by atoms with Crippen molar-refractivity contribution in [2.24, 2.45) is 0 Å². The molecule has 23 heavy (non-hydrogen) atoms. The summed E-state index contributed by atoms with van der Waals surface area (Å²) in [5, 5.41) is 23.1. The molecule has 0 amide bonds. The minimum atomic E-state index is -1.43. The van der Waals surface area contributed by atoms with E-state index >= 15 is 0 Å². The van der Waals surface area contributed by atoms with Gasteiger partial charge in [0.05, 0.1) is 0 Å². The molecule has 0 aliphatic rings. The Balaban J connectivity index is 1.91. The Kier molecular flexibility index (Phi) is 3.38. The van der Waals surface area contributed by atoms with Crippen LogP contribution in [0.4, 0.5) is 0 Å². The first-order valence-corrected chi connectivity index (χ1v) is 7.60. The van der Waals surface area contributed by atoms with Gasteiger partial charge in [0.2, 0.25) is 0 Å². The highest BCUT2D eigenvalue weighted by Gasteiger charge is 2.11. The van der Waals surface area contributed by atoms with Gasteiger partial charge in [-0.05, 0) is 44.2 Å². The van der Waals surface area contributed by atoms with E-state index in [0.717, 1.165) is 10.8 Å². The van der Waals surface area contributed by atoms with Crippen LogP contribution in [0, 0.1) is 0 Å². The number of fused-ring (bicyclic) bond motifs is 3. The Labute approximate surface area is 134 Å². The quantitative estimate of drug-likeness (QED) is 0.440. The van der Waals surface area contributed by atoms with Gasteiger partial charge in [0, 0.05) is 0 Å². The number of hydrogen-bond donors (Lipinski definition) is 2. The summed E-state index contributed by atoms with van der Waals surface area (Å²) in [7, 11) is -1.43. The van der Waals surface area contributed by atoms with Crippen molar-refractivity contribution in [3.63, 3.8) is 0 Å². The molecule has 0 heterocycles. The second-order valence-electron chi connectivity index (χ2n) is 5.72. The van der Waals surface area contributed by atoms with Gasteiger partial charge in [0.25, 0.3) is 0 Å². The minimum absolute atomic E-state index is 0.512. The smallest absolute Gasteiger partial charge is 0.423 e. The topological polar surface area (TPSA) is 40.5 Å². The van der Waals surface area contributed by atoms with Crippen LogP contribution in [0.25, 0.3) is 32.7 Å². The molecule has 2 nitrogen and oxygen atoms in total. The molecule has 0 saturated heterocycles. The zero-order valence-electron chi connectivity index (χ0n) is 12.5. The molecular weight excluding hydrogens is 283 g/mol. The fraction of sp³-hybridized carbons (Fsp3) is 0. The van der Waals surface area contributed by atoms with Gasteiger partial charge in [0.1, 0.15) is 0 Å². The van der Waals surface area contributed by atoms with Gasteiger partial charge in [-0.15, -0.1) is 0 Å². The average Bonchev–Trinajstić information content (AvgIpc) is 2.61. The van der Waals surface area contributed by atoms with Crippen molar-refractivity contribution < 1.29 is 10.0 Å². The Morgan fingerprint density at radius 3 is 1.91 bits per heavy atom. The summed E-state index contributed by atoms with van der Waals surface area (Å²) in [5.41, 5.74) is 2.91. The second kappa shape index (κ2) is 5.54. The van der Waals surface area contributed by atoms with E-state index in [0.29, 0.717) is 5.46 Å². The summed E-state index contributed by atoms with van der Waals surface area (Å²) in [6, 6.07) is 26.4. The summed E-state index contributed by atoms with van der Waals surface area (Å²) < 4.78 is 0. The highest BCUT2D eigenvalue weighted by molar-refractivity contribution is 6.59. The third-order valence-corrected chi connectivity index (χ3v) is 4.27. The van der Waals surface area contributed by atoms with Crippen LogP contribution < -0.4 is 5.46 Å². The van der Waals surface area contributed by atoms with E-state index in [1.54, 1.807) is 6.07 Å². The molecule has 0 fully saturated rings. The molecule has 0 unspecified atom stereocenters. The van der Waals surface area contributed by atoms with E-state index in [2.05, 4.69) is 36.4 Å². The molecule has 0 bridgehead atoms. The minimum Gasteiger partial charge on any atom is -0.423 e. The average molecular weight is 298 g/mol. The predicted octanol–water partition coefficient (Wildman–Crippen LogP) is 3.34. The van der Waals surface area contributed by atoms with Crippen LogP contribution in [0.2, 0.25) is 0 Å². The molecule has 0 saturated carbocycles. The van der Waals surface area contributed by atoms with Gasteiger partial charge in [-0.3, -0.25) is 0 Å². The molecule has 0 radical (unpaired) electrons. The zero-order valence-corrected chi connectivity index (χ0v) is 12.5. The fourth-order valence-electron chi connectivity index (χ4n) is 3.06. The van der Waals surface area contributed by atoms with Crippen molar-refractivity contribution >= 4 is 34.1 Å². The maximum absolute atomic E-state index is 9.31. The van der Waals surface area contributed by atoms with E-state index in [1.165, 1.54) is 21.9 Å². The first kappa shape index (κ1) is 14.0. The summed E-state index contributed by atoms with van der Waals surface area (Å²) >= 11 is 0. The normalized spacial score (nSPS) is 11.0. The van der Waals surface area contributed by atoms with Crippen molar-refractivity contribution in [1.29, 1.82) is 0 Å². The van der Waals surface area contributed by atoms with Gasteiger partial charge in [0.15, 0.2) is 0 Å². The Morgan fingerprint density at radius 2 is 1.22 bits per heavy atom. The summed E-state index contributed by atoms with van der Waals surface area (Å²) in [5.74, 6) is 0. The van der Waals surface area contributed by atoms with Crippen LogP contribution in [-0.4, -0.2) is 17.2 Å². The second-order valence-corrected chi connectivity index (χ2v) is 5.72. The number of benzene rings is 4. The third kappa shape index (κ3) is 2.50. The van der Waals surface area contributed by atoms with Gasteiger partial charge in [-0.1, -0.05) is 72.8 Å². The zero-order chi connectivity index (χ0) is 15.8. The monoisotopic (exact) mass is 298 g/mol. The van der Waals surface area contributed by atoms with Crippen LogP contribution in [-0.2, 0) is 0 Å². The molecule has 0 atom stereocenters. The molecule has 0 spiro atoms. The van der Waals surface area contributed by atoms with E-state index < -0.39 is 7.12 Å². The summed E-state index contributed by atoms with van der Waals surface area (Å²) in [6.07, 6.45) is 0. The molecule has 0 aliphatic carbocycles. The van der Waals surface area contributed by atoms with Gasteiger partial charge in [-0.25, -0.2) is 0 Å². The maximum Gasteiger partial charge on any atom is 0.488 e. The third-order valence-electron chi connectivity index (χ3n) is 4.27. The van der Waals surface area contributed by atoms with E-state index in [-0.39, 0.29) is 0 Å². The van der Waals surface area contributed by atoms with Crippen LogP contribution in [0.1, 0.15) is 0 Å². The Hall–Kier alpha value is -2.62. The lowest BCUT2D eigenvalue weighted by atomic mass is 9.79. The van der Waals surface area contributed by atoms with E-state index in [1.807, 2.05) is 36.4 Å². The molecule has 4 aromatic carbocycles. The molecule has 0 aromatic heterocycles. The SMILES string of the molecule is OB(O)c1ccc2c(ccc3cc(-c4ccccc4)ccc32)c1. The van der Waals surface area contributed by atoms with Crippen molar-refractivity contribution in [2.45, 2.75) is 0 Å². The Morgan fingerprint density at radius 1 is 0.565 bits per heavy atom.